The Labute approximate surface area is 119 Å². The number of hydrogen-bond acceptors (Lipinski definition) is 3. The maximum absolute atomic E-state index is 5.70. The van der Waals surface area contributed by atoms with Crippen molar-refractivity contribution in [2.45, 2.75) is 38.4 Å². The molecule has 1 aliphatic heterocycles. The smallest absolute Gasteiger partial charge is 0.124 e. The highest BCUT2D eigenvalue weighted by Crippen LogP contribution is 2.31. The number of fused-ring (bicyclic) bond motifs is 1. The van der Waals surface area contributed by atoms with E-state index in [1.54, 1.807) is 0 Å². The summed E-state index contributed by atoms with van der Waals surface area (Å²) in [5, 5.41) is 7.96. The van der Waals surface area contributed by atoms with Gasteiger partial charge in [0.25, 0.3) is 0 Å². The summed E-state index contributed by atoms with van der Waals surface area (Å²) in [5.74, 6) is 1.02. The summed E-state index contributed by atoms with van der Waals surface area (Å²) in [6.45, 7) is 3.98. The van der Waals surface area contributed by atoms with Crippen molar-refractivity contribution in [2.75, 3.05) is 6.61 Å². The molecule has 4 heteroatoms. The summed E-state index contributed by atoms with van der Waals surface area (Å²) in [6.07, 6.45) is 5.94. The molecule has 1 aromatic heterocycles. The largest absolute Gasteiger partial charge is 0.493 e. The van der Waals surface area contributed by atoms with Crippen LogP contribution in [0.15, 0.2) is 42.7 Å². The van der Waals surface area contributed by atoms with Gasteiger partial charge < -0.3 is 10.1 Å². The second kappa shape index (κ2) is 6.09. The van der Waals surface area contributed by atoms with Gasteiger partial charge in [0, 0.05) is 43.0 Å². The van der Waals surface area contributed by atoms with Crippen LogP contribution in [0.5, 0.6) is 5.75 Å². The molecule has 0 aliphatic carbocycles. The molecule has 0 fully saturated rings. The molecule has 0 radical (unpaired) electrons. The molecule has 0 amide bonds. The molecule has 1 aliphatic rings. The van der Waals surface area contributed by atoms with Crippen LogP contribution in [0.2, 0.25) is 0 Å². The normalized spacial score (nSPS) is 19.1. The van der Waals surface area contributed by atoms with E-state index >= 15 is 0 Å². The van der Waals surface area contributed by atoms with E-state index in [0.29, 0.717) is 12.1 Å². The number of nitrogens with zero attached hydrogens (tertiary/aromatic N) is 2. The zero-order chi connectivity index (χ0) is 13.8. The Bertz CT molecular complexity index is 538. The lowest BCUT2D eigenvalue weighted by Gasteiger charge is -2.29. The molecule has 0 saturated carbocycles. The summed E-state index contributed by atoms with van der Waals surface area (Å²) >= 11 is 0. The fourth-order valence-corrected chi connectivity index (χ4v) is 2.70. The van der Waals surface area contributed by atoms with Crippen molar-refractivity contribution in [3.05, 3.63) is 48.3 Å². The average molecular weight is 271 g/mol. The number of aromatic nitrogens is 2. The van der Waals surface area contributed by atoms with E-state index in [1.165, 1.54) is 5.56 Å². The number of hydrogen-bond donors (Lipinski definition) is 1. The molecule has 0 spiro atoms. The number of ether oxygens (including phenoxy) is 1. The molecular weight excluding hydrogens is 250 g/mol. The van der Waals surface area contributed by atoms with E-state index in [-0.39, 0.29) is 0 Å². The topological polar surface area (TPSA) is 39.1 Å². The van der Waals surface area contributed by atoms with E-state index in [0.717, 1.165) is 31.7 Å². The van der Waals surface area contributed by atoms with Crippen LogP contribution in [0.3, 0.4) is 0 Å². The maximum atomic E-state index is 5.70. The standard InChI is InChI=1S/C16H21N3O/c1-13(7-11-19-10-4-9-17-19)18-15-8-12-20-16-6-3-2-5-14(15)16/h2-6,9-10,13,15,18H,7-8,11-12H2,1H3/t13-,15+/m1/s1. The molecule has 4 nitrogen and oxygen atoms in total. The molecule has 106 valence electrons. The van der Waals surface area contributed by atoms with Crippen molar-refractivity contribution < 1.29 is 4.74 Å². The average Bonchev–Trinajstić information content (AvgIpc) is 2.99. The number of nitrogens with one attached hydrogen (secondary N) is 1. The quantitative estimate of drug-likeness (QED) is 0.909. The summed E-state index contributed by atoms with van der Waals surface area (Å²) in [5.41, 5.74) is 1.28. The first-order chi connectivity index (χ1) is 9.83. The molecule has 0 bridgehead atoms. The first kappa shape index (κ1) is 13.2. The summed E-state index contributed by atoms with van der Waals surface area (Å²) in [7, 11) is 0. The van der Waals surface area contributed by atoms with Gasteiger partial charge in [0.15, 0.2) is 0 Å². The SMILES string of the molecule is C[C@H](CCn1cccn1)N[C@H]1CCOc2ccccc21. The first-order valence-corrected chi connectivity index (χ1v) is 7.28. The fourth-order valence-electron chi connectivity index (χ4n) is 2.70. The number of para-hydroxylation sites is 1. The molecule has 0 unspecified atom stereocenters. The molecule has 20 heavy (non-hydrogen) atoms. The van der Waals surface area contributed by atoms with Gasteiger partial charge in [-0.15, -0.1) is 0 Å². The third-order valence-electron chi connectivity index (χ3n) is 3.79. The lowest BCUT2D eigenvalue weighted by Crippen LogP contribution is -2.34. The van der Waals surface area contributed by atoms with Gasteiger partial charge in [-0.05, 0) is 25.5 Å². The highest BCUT2D eigenvalue weighted by molar-refractivity contribution is 5.37. The van der Waals surface area contributed by atoms with Gasteiger partial charge >= 0.3 is 0 Å². The minimum absolute atomic E-state index is 0.396. The molecule has 0 saturated heterocycles. The van der Waals surface area contributed by atoms with E-state index in [2.05, 4.69) is 35.5 Å². The van der Waals surface area contributed by atoms with Gasteiger partial charge in [0.05, 0.1) is 6.61 Å². The highest BCUT2D eigenvalue weighted by Gasteiger charge is 2.21. The Hall–Kier alpha value is -1.81. The van der Waals surface area contributed by atoms with Crippen LogP contribution in [0, 0.1) is 0 Å². The minimum Gasteiger partial charge on any atom is -0.493 e. The number of benzene rings is 1. The van der Waals surface area contributed by atoms with Crippen LogP contribution in [0.4, 0.5) is 0 Å². The molecular formula is C16H21N3O. The van der Waals surface area contributed by atoms with Crippen molar-refractivity contribution in [3.8, 4) is 5.75 Å². The zero-order valence-corrected chi connectivity index (χ0v) is 11.8. The van der Waals surface area contributed by atoms with Crippen LogP contribution in [-0.2, 0) is 6.54 Å². The molecule has 2 atom stereocenters. The molecule has 2 heterocycles. The number of rotatable bonds is 5. The van der Waals surface area contributed by atoms with Gasteiger partial charge in [0.1, 0.15) is 5.75 Å². The van der Waals surface area contributed by atoms with Gasteiger partial charge in [-0.1, -0.05) is 18.2 Å². The molecule has 1 N–H and O–H groups in total. The Morgan fingerprint density at radius 1 is 1.40 bits per heavy atom. The van der Waals surface area contributed by atoms with Crippen LogP contribution in [-0.4, -0.2) is 22.4 Å². The summed E-state index contributed by atoms with van der Waals surface area (Å²) in [6, 6.07) is 11.1. The van der Waals surface area contributed by atoms with Gasteiger partial charge in [-0.3, -0.25) is 4.68 Å². The zero-order valence-electron chi connectivity index (χ0n) is 11.8. The molecule has 1 aromatic carbocycles. The maximum Gasteiger partial charge on any atom is 0.124 e. The van der Waals surface area contributed by atoms with Crippen LogP contribution in [0.1, 0.15) is 31.4 Å². The van der Waals surface area contributed by atoms with Crippen LogP contribution < -0.4 is 10.1 Å². The second-order valence-corrected chi connectivity index (χ2v) is 5.35. The van der Waals surface area contributed by atoms with E-state index in [1.807, 2.05) is 29.2 Å². The summed E-state index contributed by atoms with van der Waals surface area (Å²) < 4.78 is 7.68. The Balaban J connectivity index is 1.58. The van der Waals surface area contributed by atoms with Gasteiger partial charge in [0.2, 0.25) is 0 Å². The van der Waals surface area contributed by atoms with E-state index in [4.69, 9.17) is 4.74 Å². The predicted octanol–water partition coefficient (Wildman–Crippen LogP) is 2.78. The highest BCUT2D eigenvalue weighted by atomic mass is 16.5. The second-order valence-electron chi connectivity index (χ2n) is 5.35. The summed E-state index contributed by atoms with van der Waals surface area (Å²) in [4.78, 5) is 0. The van der Waals surface area contributed by atoms with Crippen molar-refractivity contribution in [2.24, 2.45) is 0 Å². The Morgan fingerprint density at radius 3 is 3.15 bits per heavy atom. The van der Waals surface area contributed by atoms with Crippen molar-refractivity contribution in [3.63, 3.8) is 0 Å². The van der Waals surface area contributed by atoms with Crippen LogP contribution >= 0.6 is 0 Å². The van der Waals surface area contributed by atoms with E-state index in [9.17, 15) is 0 Å². The lowest BCUT2D eigenvalue weighted by atomic mass is 9.99. The van der Waals surface area contributed by atoms with Crippen molar-refractivity contribution in [1.82, 2.24) is 15.1 Å². The molecule has 3 rings (SSSR count). The third-order valence-corrected chi connectivity index (χ3v) is 3.79. The fraction of sp³-hybridized carbons (Fsp3) is 0.438. The van der Waals surface area contributed by atoms with Gasteiger partial charge in [-0.25, -0.2) is 0 Å². The van der Waals surface area contributed by atoms with E-state index < -0.39 is 0 Å². The van der Waals surface area contributed by atoms with Gasteiger partial charge in [-0.2, -0.15) is 5.10 Å². The monoisotopic (exact) mass is 271 g/mol. The van der Waals surface area contributed by atoms with Crippen molar-refractivity contribution >= 4 is 0 Å². The Kier molecular flexibility index (Phi) is 4.02. The molecule has 2 aromatic rings. The number of aryl methyl sites for hydroxylation is 1. The lowest BCUT2D eigenvalue weighted by molar-refractivity contribution is 0.242. The first-order valence-electron chi connectivity index (χ1n) is 7.28. The third kappa shape index (κ3) is 3.02. The Morgan fingerprint density at radius 2 is 2.30 bits per heavy atom. The predicted molar refractivity (Wildman–Crippen MR) is 78.7 cm³/mol. The minimum atomic E-state index is 0.396. The van der Waals surface area contributed by atoms with Crippen LogP contribution in [0.25, 0.3) is 0 Å². The van der Waals surface area contributed by atoms with Crippen molar-refractivity contribution in [1.29, 1.82) is 0 Å².